The fraction of sp³-hybridized carbons (Fsp3) is 0.579. The molecule has 0 aromatic heterocycles. The van der Waals surface area contributed by atoms with Crippen molar-refractivity contribution in [2.24, 2.45) is 5.92 Å². The highest BCUT2D eigenvalue weighted by atomic mass is 19.1. The number of hydrogen-bond acceptors (Lipinski definition) is 2. The Morgan fingerprint density at radius 3 is 2.80 bits per heavy atom. The first-order valence-corrected chi connectivity index (χ1v) is 8.98. The number of halogens is 1. The Hall–Kier alpha value is -2.11. The number of carbonyl (C=O) groups is 2. The number of urea groups is 1. The smallest absolute Gasteiger partial charge is 0.321 e. The van der Waals surface area contributed by atoms with E-state index in [2.05, 4.69) is 10.6 Å². The summed E-state index contributed by atoms with van der Waals surface area (Å²) in [5.74, 6) is -0.0801. The van der Waals surface area contributed by atoms with Crippen LogP contribution >= 0.6 is 0 Å². The molecule has 1 atom stereocenters. The third-order valence-electron chi connectivity index (χ3n) is 5.23. The van der Waals surface area contributed by atoms with Crippen LogP contribution in [0.25, 0.3) is 0 Å². The van der Waals surface area contributed by atoms with E-state index in [1.54, 1.807) is 0 Å². The molecule has 3 rings (SSSR count). The van der Waals surface area contributed by atoms with E-state index in [0.29, 0.717) is 25.4 Å². The van der Waals surface area contributed by atoms with Crippen molar-refractivity contribution < 1.29 is 14.0 Å². The Balaban J connectivity index is 1.62. The Morgan fingerprint density at radius 1 is 1.32 bits per heavy atom. The number of benzene rings is 1. The minimum Gasteiger partial charge on any atom is -0.353 e. The fourth-order valence-corrected chi connectivity index (χ4v) is 3.17. The Labute approximate surface area is 148 Å². The molecule has 1 heterocycles. The van der Waals surface area contributed by atoms with Gasteiger partial charge in [0.05, 0.1) is 6.54 Å². The second-order valence-corrected chi connectivity index (χ2v) is 7.32. The van der Waals surface area contributed by atoms with Crippen LogP contribution in [0.1, 0.15) is 36.8 Å². The van der Waals surface area contributed by atoms with Gasteiger partial charge in [-0.15, -0.1) is 0 Å². The van der Waals surface area contributed by atoms with Gasteiger partial charge < -0.3 is 15.5 Å². The van der Waals surface area contributed by atoms with Crippen LogP contribution in [-0.4, -0.2) is 42.1 Å². The zero-order valence-corrected chi connectivity index (χ0v) is 14.9. The van der Waals surface area contributed by atoms with Gasteiger partial charge in [0.2, 0.25) is 5.67 Å². The van der Waals surface area contributed by atoms with Gasteiger partial charge in [0.1, 0.15) is 0 Å². The van der Waals surface area contributed by atoms with Gasteiger partial charge in [0, 0.05) is 18.8 Å². The van der Waals surface area contributed by atoms with E-state index in [4.69, 9.17) is 0 Å². The number of nitrogens with one attached hydrogen (secondary N) is 2. The quantitative estimate of drug-likeness (QED) is 0.879. The van der Waals surface area contributed by atoms with Crippen molar-refractivity contribution in [3.05, 3.63) is 29.3 Å². The van der Waals surface area contributed by atoms with Crippen LogP contribution < -0.4 is 10.6 Å². The molecule has 2 fully saturated rings. The van der Waals surface area contributed by atoms with Gasteiger partial charge in [-0.3, -0.25) is 4.79 Å². The molecule has 0 bridgehead atoms. The Bertz CT molecular complexity index is 675. The number of rotatable bonds is 4. The van der Waals surface area contributed by atoms with Gasteiger partial charge >= 0.3 is 6.03 Å². The van der Waals surface area contributed by atoms with E-state index in [0.717, 1.165) is 29.7 Å². The van der Waals surface area contributed by atoms with Gasteiger partial charge in [-0.1, -0.05) is 12.1 Å². The van der Waals surface area contributed by atoms with Gasteiger partial charge in [-0.2, -0.15) is 0 Å². The number of aryl methyl sites for hydroxylation is 1. The van der Waals surface area contributed by atoms with E-state index >= 15 is 4.39 Å². The lowest BCUT2D eigenvalue weighted by atomic mass is 9.94. The minimum atomic E-state index is -1.99. The van der Waals surface area contributed by atoms with Gasteiger partial charge in [0.15, 0.2) is 0 Å². The van der Waals surface area contributed by atoms with Crippen LogP contribution in [0.3, 0.4) is 0 Å². The van der Waals surface area contributed by atoms with E-state index in [1.807, 2.05) is 32.0 Å². The average molecular weight is 347 g/mol. The molecule has 6 heteroatoms. The predicted molar refractivity (Wildman–Crippen MR) is 95.3 cm³/mol. The van der Waals surface area contributed by atoms with Crippen molar-refractivity contribution in [1.82, 2.24) is 10.2 Å². The second-order valence-electron chi connectivity index (χ2n) is 7.32. The molecule has 0 radical (unpaired) electrons. The maximum atomic E-state index is 15.1. The number of nitrogens with zero attached hydrogens (tertiary/aromatic N) is 1. The highest BCUT2D eigenvalue weighted by Crippen LogP contribution is 2.30. The molecule has 1 saturated heterocycles. The molecule has 3 amide bonds. The Morgan fingerprint density at radius 2 is 2.08 bits per heavy atom. The average Bonchev–Trinajstić information content (AvgIpc) is 3.41. The molecular weight excluding hydrogens is 321 g/mol. The molecule has 1 aromatic rings. The molecule has 1 unspecified atom stereocenters. The van der Waals surface area contributed by atoms with Crippen LogP contribution in [0, 0.1) is 19.8 Å². The lowest BCUT2D eigenvalue weighted by Gasteiger charge is -2.36. The normalized spacial score (nSPS) is 23.2. The molecule has 0 spiro atoms. The Kier molecular flexibility index (Phi) is 4.97. The van der Waals surface area contributed by atoms with E-state index in [9.17, 15) is 9.59 Å². The van der Waals surface area contributed by atoms with Crippen LogP contribution in [0.15, 0.2) is 18.2 Å². The predicted octanol–water partition coefficient (Wildman–Crippen LogP) is 3.17. The fourth-order valence-electron chi connectivity index (χ4n) is 3.17. The number of amides is 3. The molecule has 1 aromatic carbocycles. The topological polar surface area (TPSA) is 61.4 Å². The van der Waals surface area contributed by atoms with Crippen molar-refractivity contribution in [2.45, 2.75) is 45.2 Å². The van der Waals surface area contributed by atoms with Gasteiger partial charge in [0.25, 0.3) is 5.91 Å². The highest BCUT2D eigenvalue weighted by molar-refractivity contribution is 5.92. The van der Waals surface area contributed by atoms with Crippen LogP contribution in [-0.2, 0) is 4.79 Å². The lowest BCUT2D eigenvalue weighted by molar-refractivity contribution is -0.135. The van der Waals surface area contributed by atoms with Gasteiger partial charge in [-0.25, -0.2) is 9.18 Å². The van der Waals surface area contributed by atoms with Crippen molar-refractivity contribution in [1.29, 1.82) is 0 Å². The standard InChI is InChI=1S/C19H26FN3O2/c1-13-5-3-6-16(14(13)2)22-18(25)23-10-4-9-19(20,12-23)17(24)21-11-15-7-8-15/h3,5-6,15H,4,7-12H2,1-2H3,(H,21,24)(H,22,25). The largest absolute Gasteiger partial charge is 0.353 e. The van der Waals surface area contributed by atoms with Gasteiger partial charge in [-0.05, 0) is 62.6 Å². The summed E-state index contributed by atoms with van der Waals surface area (Å²) < 4.78 is 15.1. The first-order chi connectivity index (χ1) is 11.9. The zero-order chi connectivity index (χ0) is 18.0. The van der Waals surface area contributed by atoms with Crippen molar-refractivity contribution in [3.8, 4) is 0 Å². The van der Waals surface area contributed by atoms with E-state index in [-0.39, 0.29) is 19.0 Å². The first kappa shape index (κ1) is 17.7. The third-order valence-corrected chi connectivity index (χ3v) is 5.23. The van der Waals surface area contributed by atoms with Crippen LogP contribution in [0.2, 0.25) is 0 Å². The number of alkyl halides is 1. The second kappa shape index (κ2) is 7.02. The van der Waals surface area contributed by atoms with Crippen LogP contribution in [0.5, 0.6) is 0 Å². The maximum Gasteiger partial charge on any atom is 0.321 e. The van der Waals surface area contributed by atoms with Crippen molar-refractivity contribution in [2.75, 3.05) is 25.0 Å². The SMILES string of the molecule is Cc1cccc(NC(=O)N2CCCC(F)(C(=O)NCC3CC3)C2)c1C. The van der Waals surface area contributed by atoms with Crippen LogP contribution in [0.4, 0.5) is 14.9 Å². The number of likely N-dealkylation sites (tertiary alicyclic amines) is 1. The summed E-state index contributed by atoms with van der Waals surface area (Å²) in [5, 5.41) is 5.55. The van der Waals surface area contributed by atoms with Crippen molar-refractivity contribution >= 4 is 17.6 Å². The monoisotopic (exact) mass is 347 g/mol. The summed E-state index contributed by atoms with van der Waals surface area (Å²) in [4.78, 5) is 26.2. The zero-order valence-electron chi connectivity index (χ0n) is 14.9. The molecule has 5 nitrogen and oxygen atoms in total. The maximum absolute atomic E-state index is 15.1. The first-order valence-electron chi connectivity index (χ1n) is 8.98. The summed E-state index contributed by atoms with van der Waals surface area (Å²) in [5.41, 5.74) is 0.794. The lowest BCUT2D eigenvalue weighted by Crippen LogP contribution is -2.56. The molecule has 2 aliphatic rings. The van der Waals surface area contributed by atoms with E-state index < -0.39 is 11.6 Å². The summed E-state index contributed by atoms with van der Waals surface area (Å²) >= 11 is 0. The molecule has 1 aliphatic heterocycles. The summed E-state index contributed by atoms with van der Waals surface area (Å²) in [6.07, 6.45) is 2.85. The van der Waals surface area contributed by atoms with Crippen molar-refractivity contribution in [3.63, 3.8) is 0 Å². The third kappa shape index (κ3) is 4.11. The molecule has 1 aliphatic carbocycles. The number of carbonyl (C=O) groups excluding carboxylic acids is 2. The number of piperidine rings is 1. The molecule has 136 valence electrons. The summed E-state index contributed by atoms with van der Waals surface area (Å²) in [6.45, 7) is 4.71. The molecule has 2 N–H and O–H groups in total. The van der Waals surface area contributed by atoms with E-state index in [1.165, 1.54) is 4.90 Å². The molecule has 1 saturated carbocycles. The number of hydrogen-bond donors (Lipinski definition) is 2. The summed E-state index contributed by atoms with van der Waals surface area (Å²) in [6, 6.07) is 5.32. The molecular formula is C19H26FN3O2. The minimum absolute atomic E-state index is 0.163. The highest BCUT2D eigenvalue weighted by Gasteiger charge is 2.44. The molecule has 25 heavy (non-hydrogen) atoms. The number of anilines is 1. The summed E-state index contributed by atoms with van der Waals surface area (Å²) in [7, 11) is 0.